The Labute approximate surface area is 124 Å². The van der Waals surface area contributed by atoms with Crippen LogP contribution in [-0.4, -0.2) is 24.5 Å². The average molecular weight is 368 g/mol. The number of guanidine groups is 1. The van der Waals surface area contributed by atoms with E-state index in [1.54, 1.807) is 18.4 Å². The van der Waals surface area contributed by atoms with Gasteiger partial charge in [0.15, 0.2) is 5.96 Å². The molecule has 0 bridgehead atoms. The lowest BCUT2D eigenvalue weighted by Gasteiger charge is -2.10. The van der Waals surface area contributed by atoms with Crippen molar-refractivity contribution in [1.29, 1.82) is 0 Å². The maximum Gasteiger partial charge on any atom is 0.191 e. The molecule has 1 heterocycles. The molecule has 0 aliphatic heterocycles. The van der Waals surface area contributed by atoms with Gasteiger partial charge in [-0.25, -0.2) is 4.98 Å². The number of aliphatic imine (C=N–C) groups is 1. The van der Waals surface area contributed by atoms with Crippen molar-refractivity contribution in [1.82, 2.24) is 15.6 Å². The smallest absolute Gasteiger partial charge is 0.191 e. The molecule has 0 aliphatic carbocycles. The van der Waals surface area contributed by atoms with Gasteiger partial charge in [0.25, 0.3) is 0 Å². The molecule has 98 valence electrons. The summed E-state index contributed by atoms with van der Waals surface area (Å²) in [5, 5.41) is 7.64. The van der Waals surface area contributed by atoms with Gasteiger partial charge in [-0.2, -0.15) is 0 Å². The number of halogens is 1. The molecule has 2 N–H and O–H groups in total. The molecule has 1 rings (SSSR count). The lowest BCUT2D eigenvalue weighted by atomic mass is 10.3. The van der Waals surface area contributed by atoms with Gasteiger partial charge in [-0.15, -0.1) is 35.3 Å². The molecule has 0 unspecified atom stereocenters. The first-order valence-corrected chi connectivity index (χ1v) is 6.43. The zero-order valence-electron chi connectivity index (χ0n) is 10.6. The van der Waals surface area contributed by atoms with E-state index in [0.29, 0.717) is 0 Å². The summed E-state index contributed by atoms with van der Waals surface area (Å²) in [7, 11) is 1.79. The van der Waals surface area contributed by atoms with E-state index in [1.165, 1.54) is 17.7 Å². The molecule has 6 heteroatoms. The number of hydrogen-bond acceptors (Lipinski definition) is 3. The summed E-state index contributed by atoms with van der Waals surface area (Å²) >= 11 is 1.71. The quantitative estimate of drug-likeness (QED) is 0.364. The molecule has 0 aromatic carbocycles. The van der Waals surface area contributed by atoms with Gasteiger partial charge in [0.2, 0.25) is 0 Å². The second-order valence-electron chi connectivity index (χ2n) is 3.55. The van der Waals surface area contributed by atoms with Crippen molar-refractivity contribution in [2.45, 2.75) is 33.2 Å². The molecule has 17 heavy (non-hydrogen) atoms. The maximum atomic E-state index is 4.21. The number of hydrogen-bond donors (Lipinski definition) is 2. The van der Waals surface area contributed by atoms with Gasteiger partial charge < -0.3 is 10.6 Å². The normalized spacial score (nSPS) is 10.9. The van der Waals surface area contributed by atoms with Gasteiger partial charge in [-0.3, -0.25) is 4.99 Å². The Hall–Kier alpha value is -0.370. The summed E-state index contributed by atoms with van der Waals surface area (Å²) in [5.74, 6) is 0.861. The van der Waals surface area contributed by atoms with Gasteiger partial charge in [0.05, 0.1) is 11.6 Å². The molecule has 0 saturated heterocycles. The molecule has 4 nitrogen and oxygen atoms in total. The fourth-order valence-corrected chi connectivity index (χ4v) is 2.00. The van der Waals surface area contributed by atoms with E-state index >= 15 is 0 Å². The monoisotopic (exact) mass is 368 g/mol. The van der Waals surface area contributed by atoms with Crippen molar-refractivity contribution in [3.05, 3.63) is 16.1 Å². The summed E-state index contributed by atoms with van der Waals surface area (Å²) < 4.78 is 0. The standard InChI is InChI=1S/C11H20N4S.HI/c1-4-5-6-13-11(12-3)15-8-10-7-14-9(2)16-10;/h7H,4-6,8H2,1-3H3,(H2,12,13,15);1H. The molecule has 0 saturated carbocycles. The Morgan fingerprint density at radius 2 is 2.24 bits per heavy atom. The minimum absolute atomic E-state index is 0. The first-order valence-electron chi connectivity index (χ1n) is 5.62. The largest absolute Gasteiger partial charge is 0.356 e. The van der Waals surface area contributed by atoms with Crippen LogP contribution in [0.5, 0.6) is 0 Å². The van der Waals surface area contributed by atoms with E-state index in [4.69, 9.17) is 0 Å². The van der Waals surface area contributed by atoms with Crippen LogP contribution in [0.3, 0.4) is 0 Å². The van der Waals surface area contributed by atoms with Gasteiger partial charge in [0.1, 0.15) is 0 Å². The van der Waals surface area contributed by atoms with Crippen LogP contribution in [0.25, 0.3) is 0 Å². The zero-order valence-corrected chi connectivity index (χ0v) is 13.8. The van der Waals surface area contributed by atoms with Crippen molar-refractivity contribution in [2.24, 2.45) is 4.99 Å². The van der Waals surface area contributed by atoms with Crippen LogP contribution in [-0.2, 0) is 6.54 Å². The second-order valence-corrected chi connectivity index (χ2v) is 4.87. The van der Waals surface area contributed by atoms with Crippen molar-refractivity contribution in [3.63, 3.8) is 0 Å². The minimum Gasteiger partial charge on any atom is -0.356 e. The number of nitrogens with one attached hydrogen (secondary N) is 2. The molecule has 0 atom stereocenters. The third-order valence-electron chi connectivity index (χ3n) is 2.15. The number of rotatable bonds is 5. The highest BCUT2D eigenvalue weighted by Crippen LogP contribution is 2.10. The van der Waals surface area contributed by atoms with Crippen molar-refractivity contribution >= 4 is 41.3 Å². The summed E-state index contributed by atoms with van der Waals surface area (Å²) in [6, 6.07) is 0. The van der Waals surface area contributed by atoms with E-state index in [1.807, 2.05) is 13.1 Å². The van der Waals surface area contributed by atoms with Crippen molar-refractivity contribution in [2.75, 3.05) is 13.6 Å². The number of aryl methyl sites for hydroxylation is 1. The second kappa shape index (κ2) is 9.64. The van der Waals surface area contributed by atoms with Crippen molar-refractivity contribution in [3.8, 4) is 0 Å². The average Bonchev–Trinajstić information content (AvgIpc) is 2.69. The van der Waals surface area contributed by atoms with Crippen LogP contribution in [0.15, 0.2) is 11.2 Å². The fraction of sp³-hybridized carbons (Fsp3) is 0.636. The fourth-order valence-electron chi connectivity index (χ4n) is 1.26. The topological polar surface area (TPSA) is 49.3 Å². The molecule has 0 fully saturated rings. The van der Waals surface area contributed by atoms with Crippen LogP contribution in [0.1, 0.15) is 29.7 Å². The van der Waals surface area contributed by atoms with E-state index in [2.05, 4.69) is 27.5 Å². The van der Waals surface area contributed by atoms with Crippen LogP contribution >= 0.6 is 35.3 Å². The molecular weight excluding hydrogens is 347 g/mol. The van der Waals surface area contributed by atoms with E-state index in [0.717, 1.165) is 24.1 Å². The highest BCUT2D eigenvalue weighted by atomic mass is 127. The number of thiazole rings is 1. The van der Waals surface area contributed by atoms with Crippen molar-refractivity contribution < 1.29 is 0 Å². The number of aromatic nitrogens is 1. The third kappa shape index (κ3) is 6.82. The molecular formula is C11H21IN4S. The van der Waals surface area contributed by atoms with Crippen LogP contribution in [0.4, 0.5) is 0 Å². The summed E-state index contributed by atoms with van der Waals surface area (Å²) in [6.07, 6.45) is 4.27. The Morgan fingerprint density at radius 3 is 2.76 bits per heavy atom. The van der Waals surface area contributed by atoms with Gasteiger partial charge in [-0.1, -0.05) is 13.3 Å². The zero-order chi connectivity index (χ0) is 11.8. The van der Waals surface area contributed by atoms with Gasteiger partial charge >= 0.3 is 0 Å². The first kappa shape index (κ1) is 16.6. The lowest BCUT2D eigenvalue weighted by molar-refractivity contribution is 0.730. The Morgan fingerprint density at radius 1 is 1.47 bits per heavy atom. The highest BCUT2D eigenvalue weighted by molar-refractivity contribution is 14.0. The summed E-state index contributed by atoms with van der Waals surface area (Å²) in [5.41, 5.74) is 0. The van der Waals surface area contributed by atoms with Gasteiger partial charge in [0, 0.05) is 24.7 Å². The minimum atomic E-state index is 0. The molecule has 0 amide bonds. The highest BCUT2D eigenvalue weighted by Gasteiger charge is 2.00. The van der Waals surface area contributed by atoms with E-state index in [-0.39, 0.29) is 24.0 Å². The third-order valence-corrected chi connectivity index (χ3v) is 3.06. The Balaban J connectivity index is 0.00000256. The van der Waals surface area contributed by atoms with Gasteiger partial charge in [-0.05, 0) is 13.3 Å². The maximum absolute atomic E-state index is 4.21. The van der Waals surface area contributed by atoms with Crippen LogP contribution < -0.4 is 10.6 Å². The lowest BCUT2D eigenvalue weighted by Crippen LogP contribution is -2.37. The Kier molecular flexibility index (Phi) is 9.43. The van der Waals surface area contributed by atoms with Crippen LogP contribution in [0, 0.1) is 6.92 Å². The summed E-state index contributed by atoms with van der Waals surface area (Å²) in [4.78, 5) is 9.61. The first-order chi connectivity index (χ1) is 7.76. The SMILES string of the molecule is CCCCNC(=NC)NCc1cnc(C)s1.I. The number of nitrogens with zero attached hydrogens (tertiary/aromatic N) is 2. The Bertz CT molecular complexity index is 338. The predicted molar refractivity (Wildman–Crippen MR) is 85.4 cm³/mol. The molecule has 1 aromatic rings. The number of unbranched alkanes of at least 4 members (excludes halogenated alkanes) is 1. The molecule has 0 aliphatic rings. The molecule has 0 spiro atoms. The van der Waals surface area contributed by atoms with E-state index < -0.39 is 0 Å². The predicted octanol–water partition coefficient (Wildman–Crippen LogP) is 2.53. The van der Waals surface area contributed by atoms with E-state index in [9.17, 15) is 0 Å². The summed E-state index contributed by atoms with van der Waals surface area (Å²) in [6.45, 7) is 5.95. The molecule has 0 radical (unpaired) electrons. The van der Waals surface area contributed by atoms with Crippen LogP contribution in [0.2, 0.25) is 0 Å². The molecule has 1 aromatic heterocycles.